The fraction of sp³-hybridized carbons (Fsp3) is 0.600. The molecule has 4 heteroatoms. The van der Waals surface area contributed by atoms with E-state index >= 15 is 0 Å². The van der Waals surface area contributed by atoms with Crippen molar-refractivity contribution in [2.75, 3.05) is 47.4 Å². The van der Waals surface area contributed by atoms with Crippen LogP contribution in [0.15, 0.2) is 18.2 Å². The van der Waals surface area contributed by atoms with Crippen molar-refractivity contribution in [3.8, 4) is 11.5 Å². The van der Waals surface area contributed by atoms with E-state index in [1.807, 2.05) is 18.2 Å². The molecule has 0 unspecified atom stereocenters. The Labute approximate surface area is 115 Å². The van der Waals surface area contributed by atoms with Crippen LogP contribution in [0.2, 0.25) is 0 Å². The van der Waals surface area contributed by atoms with Gasteiger partial charge in [-0.15, -0.1) is 0 Å². The van der Waals surface area contributed by atoms with E-state index in [-0.39, 0.29) is 0 Å². The van der Waals surface area contributed by atoms with Crippen LogP contribution in [-0.4, -0.2) is 57.2 Å². The highest BCUT2D eigenvalue weighted by atomic mass is 16.5. The molecule has 1 aliphatic rings. The average Bonchev–Trinajstić information content (AvgIpc) is 2.64. The molecule has 1 aliphatic heterocycles. The summed E-state index contributed by atoms with van der Waals surface area (Å²) >= 11 is 0. The maximum absolute atomic E-state index is 5.46. The third-order valence-electron chi connectivity index (χ3n) is 3.72. The van der Waals surface area contributed by atoms with Crippen LogP contribution in [-0.2, 0) is 6.54 Å². The Morgan fingerprint density at radius 2 is 1.68 bits per heavy atom. The number of methoxy groups -OCH3 is 2. The zero-order valence-corrected chi connectivity index (χ0v) is 12.2. The molecular formula is C15H24N2O2. The number of benzene rings is 1. The maximum atomic E-state index is 5.46. The molecule has 0 atom stereocenters. The first kappa shape index (κ1) is 14.2. The quantitative estimate of drug-likeness (QED) is 0.828. The van der Waals surface area contributed by atoms with E-state index in [0.29, 0.717) is 0 Å². The lowest BCUT2D eigenvalue weighted by molar-refractivity contribution is 0.260. The molecule has 19 heavy (non-hydrogen) atoms. The van der Waals surface area contributed by atoms with Crippen LogP contribution in [0.25, 0.3) is 0 Å². The summed E-state index contributed by atoms with van der Waals surface area (Å²) in [6, 6.07) is 5.97. The second-order valence-corrected chi connectivity index (χ2v) is 5.07. The summed E-state index contributed by atoms with van der Waals surface area (Å²) in [4.78, 5) is 4.86. The van der Waals surface area contributed by atoms with Gasteiger partial charge in [-0.05, 0) is 38.7 Å². The van der Waals surface area contributed by atoms with Gasteiger partial charge >= 0.3 is 0 Å². The molecule has 0 saturated carbocycles. The van der Waals surface area contributed by atoms with Gasteiger partial charge in [0.15, 0.2) is 0 Å². The molecule has 0 aromatic heterocycles. The van der Waals surface area contributed by atoms with Gasteiger partial charge in [0.2, 0.25) is 0 Å². The summed E-state index contributed by atoms with van der Waals surface area (Å²) in [5.74, 6) is 1.83. The number of nitrogens with zero attached hydrogens (tertiary/aromatic N) is 2. The molecule has 1 heterocycles. The Morgan fingerprint density at radius 3 is 2.32 bits per heavy atom. The lowest BCUT2D eigenvalue weighted by Gasteiger charge is -2.22. The van der Waals surface area contributed by atoms with Gasteiger partial charge in [0.1, 0.15) is 11.5 Å². The normalized spacial score (nSPS) is 18.1. The van der Waals surface area contributed by atoms with E-state index in [9.17, 15) is 0 Å². The van der Waals surface area contributed by atoms with E-state index in [1.54, 1.807) is 14.2 Å². The Hall–Kier alpha value is -1.26. The average molecular weight is 264 g/mol. The second-order valence-electron chi connectivity index (χ2n) is 5.07. The summed E-state index contributed by atoms with van der Waals surface area (Å²) in [5, 5.41) is 0. The van der Waals surface area contributed by atoms with Crippen LogP contribution in [0.3, 0.4) is 0 Å². The van der Waals surface area contributed by atoms with Gasteiger partial charge in [0.05, 0.1) is 19.8 Å². The number of hydrogen-bond acceptors (Lipinski definition) is 4. The third-order valence-corrected chi connectivity index (χ3v) is 3.72. The second kappa shape index (κ2) is 6.78. The van der Waals surface area contributed by atoms with Crippen LogP contribution in [0.4, 0.5) is 0 Å². The predicted octanol–water partition coefficient (Wildman–Crippen LogP) is 1.84. The van der Waals surface area contributed by atoms with E-state index in [2.05, 4.69) is 16.8 Å². The maximum Gasteiger partial charge on any atom is 0.127 e. The molecular weight excluding hydrogens is 240 g/mol. The molecule has 4 nitrogen and oxygen atoms in total. The van der Waals surface area contributed by atoms with E-state index in [1.165, 1.54) is 13.0 Å². The Bertz CT molecular complexity index is 387. The first-order valence-electron chi connectivity index (χ1n) is 6.85. The Balaban J connectivity index is 2.13. The Kier molecular flexibility index (Phi) is 5.05. The summed E-state index contributed by atoms with van der Waals surface area (Å²) in [6.07, 6.45) is 1.22. The first-order valence-corrected chi connectivity index (χ1v) is 6.85. The highest BCUT2D eigenvalue weighted by Gasteiger charge is 2.17. The molecule has 0 bridgehead atoms. The number of rotatable bonds is 4. The molecule has 106 valence electrons. The van der Waals surface area contributed by atoms with Crippen molar-refractivity contribution in [1.82, 2.24) is 9.80 Å². The first-order chi connectivity index (χ1) is 9.24. The van der Waals surface area contributed by atoms with Crippen LogP contribution >= 0.6 is 0 Å². The fourth-order valence-electron chi connectivity index (χ4n) is 2.57. The van der Waals surface area contributed by atoms with Crippen molar-refractivity contribution in [1.29, 1.82) is 0 Å². The highest BCUT2D eigenvalue weighted by molar-refractivity contribution is 5.44. The van der Waals surface area contributed by atoms with Crippen molar-refractivity contribution in [3.05, 3.63) is 23.8 Å². The molecule has 1 saturated heterocycles. The lowest BCUT2D eigenvalue weighted by atomic mass is 10.1. The minimum absolute atomic E-state index is 0.890. The molecule has 0 radical (unpaired) electrons. The summed E-state index contributed by atoms with van der Waals surface area (Å²) in [7, 11) is 5.62. The van der Waals surface area contributed by atoms with Crippen molar-refractivity contribution < 1.29 is 9.47 Å². The van der Waals surface area contributed by atoms with E-state index < -0.39 is 0 Å². The molecule has 1 aromatic rings. The molecule has 0 spiro atoms. The summed E-state index contributed by atoms with van der Waals surface area (Å²) in [5.41, 5.74) is 1.15. The van der Waals surface area contributed by atoms with Crippen molar-refractivity contribution in [2.24, 2.45) is 0 Å². The standard InChI is InChI=1S/C15H24N2O2/c1-16-8-5-9-17(11-10-16)12-13-14(18-2)6-4-7-15(13)19-3/h4,6-7H,5,8-12H2,1-3H3. The van der Waals surface area contributed by atoms with Crippen LogP contribution in [0.1, 0.15) is 12.0 Å². The number of likely N-dealkylation sites (N-methyl/N-ethyl adjacent to an activating group) is 1. The van der Waals surface area contributed by atoms with E-state index in [4.69, 9.17) is 9.47 Å². The van der Waals surface area contributed by atoms with Crippen LogP contribution in [0.5, 0.6) is 11.5 Å². The fourth-order valence-corrected chi connectivity index (χ4v) is 2.57. The minimum Gasteiger partial charge on any atom is -0.496 e. The van der Waals surface area contributed by atoms with Gasteiger partial charge in [-0.1, -0.05) is 6.07 Å². The van der Waals surface area contributed by atoms with Crippen molar-refractivity contribution >= 4 is 0 Å². The van der Waals surface area contributed by atoms with Gasteiger partial charge in [-0.25, -0.2) is 0 Å². The molecule has 1 aromatic carbocycles. The van der Waals surface area contributed by atoms with Crippen LogP contribution < -0.4 is 9.47 Å². The number of hydrogen-bond donors (Lipinski definition) is 0. The molecule has 2 rings (SSSR count). The van der Waals surface area contributed by atoms with Gasteiger partial charge in [-0.2, -0.15) is 0 Å². The molecule has 1 fully saturated rings. The minimum atomic E-state index is 0.890. The lowest BCUT2D eigenvalue weighted by Crippen LogP contribution is -2.28. The zero-order valence-electron chi connectivity index (χ0n) is 12.2. The summed E-state index contributed by atoms with van der Waals surface area (Å²) in [6.45, 7) is 5.42. The monoisotopic (exact) mass is 264 g/mol. The van der Waals surface area contributed by atoms with Gasteiger partial charge in [0, 0.05) is 19.6 Å². The predicted molar refractivity (Wildman–Crippen MR) is 76.9 cm³/mol. The van der Waals surface area contributed by atoms with Crippen LogP contribution in [0, 0.1) is 0 Å². The summed E-state index contributed by atoms with van der Waals surface area (Å²) < 4.78 is 10.9. The topological polar surface area (TPSA) is 24.9 Å². The Morgan fingerprint density at radius 1 is 1.00 bits per heavy atom. The molecule has 0 aliphatic carbocycles. The van der Waals surface area contributed by atoms with E-state index in [0.717, 1.165) is 43.2 Å². The van der Waals surface area contributed by atoms with Gasteiger partial charge in [0.25, 0.3) is 0 Å². The van der Waals surface area contributed by atoms with Crippen molar-refractivity contribution in [3.63, 3.8) is 0 Å². The molecule has 0 N–H and O–H groups in total. The smallest absolute Gasteiger partial charge is 0.127 e. The largest absolute Gasteiger partial charge is 0.496 e. The zero-order chi connectivity index (χ0) is 13.7. The highest BCUT2D eigenvalue weighted by Crippen LogP contribution is 2.29. The van der Waals surface area contributed by atoms with Crippen molar-refractivity contribution in [2.45, 2.75) is 13.0 Å². The van der Waals surface area contributed by atoms with Gasteiger partial charge < -0.3 is 14.4 Å². The third kappa shape index (κ3) is 3.61. The number of ether oxygens (including phenoxy) is 2. The SMILES string of the molecule is COc1cccc(OC)c1CN1CCCN(C)CC1. The van der Waals surface area contributed by atoms with Gasteiger partial charge in [-0.3, -0.25) is 4.90 Å². The molecule has 0 amide bonds.